The van der Waals surface area contributed by atoms with Crippen molar-refractivity contribution in [3.05, 3.63) is 24.3 Å². The number of hydrogen-bond acceptors (Lipinski definition) is 8. The van der Waals surface area contributed by atoms with Crippen LogP contribution in [0, 0.1) is 47.3 Å². The fourth-order valence-electron chi connectivity index (χ4n) is 11.2. The van der Waals surface area contributed by atoms with Gasteiger partial charge in [-0.1, -0.05) is 40.9 Å². The molecule has 44 heavy (non-hydrogen) atoms. The Kier molecular flexibility index (Phi) is 7.16. The molecule has 0 aromatic carbocycles. The summed E-state index contributed by atoms with van der Waals surface area (Å²) in [5, 5.41) is 0. The molecule has 4 bridgehead atoms. The lowest BCUT2D eigenvalue weighted by molar-refractivity contribution is -0.571. The molecule has 8 nitrogen and oxygen atoms in total. The van der Waals surface area contributed by atoms with Crippen LogP contribution in [0.25, 0.3) is 0 Å². The first-order valence-electron chi connectivity index (χ1n) is 17.7. The van der Waals surface area contributed by atoms with Crippen molar-refractivity contribution >= 4 is 0 Å². The van der Waals surface area contributed by atoms with Crippen LogP contribution in [-0.2, 0) is 38.5 Å². The molecule has 0 aromatic heterocycles. The van der Waals surface area contributed by atoms with Crippen LogP contribution >= 0.6 is 0 Å². The molecule has 0 amide bonds. The summed E-state index contributed by atoms with van der Waals surface area (Å²) in [4.78, 5) is 24.7. The van der Waals surface area contributed by atoms with E-state index in [1.54, 1.807) is 0 Å². The van der Waals surface area contributed by atoms with Crippen LogP contribution in [-0.4, -0.2) is 47.6 Å². The molecule has 0 radical (unpaired) electrons. The Hall–Kier alpha value is -0.840. The van der Waals surface area contributed by atoms with Gasteiger partial charge in [0, 0.05) is 24.7 Å². The second kappa shape index (κ2) is 10.3. The largest absolute Gasteiger partial charge is 0.346 e. The molecule has 8 aliphatic heterocycles. The highest BCUT2D eigenvalue weighted by molar-refractivity contribution is 5.28. The highest BCUT2D eigenvalue weighted by Crippen LogP contribution is 2.62. The summed E-state index contributed by atoms with van der Waals surface area (Å²) in [7, 11) is 0. The molecule has 8 heteroatoms. The summed E-state index contributed by atoms with van der Waals surface area (Å²) in [5.41, 5.74) is 0.974. The molecular weight excluding hydrogens is 560 g/mol. The molecule has 0 N–H and O–H groups in total. The van der Waals surface area contributed by atoms with Crippen LogP contribution in [0.1, 0.15) is 106 Å². The lowest BCUT2D eigenvalue weighted by atomic mass is 9.57. The van der Waals surface area contributed by atoms with Gasteiger partial charge in [0.15, 0.2) is 23.8 Å². The Balaban J connectivity index is 0.984. The summed E-state index contributed by atoms with van der Waals surface area (Å²) >= 11 is 0. The van der Waals surface area contributed by atoms with Gasteiger partial charge in [-0.15, -0.1) is 0 Å². The van der Waals surface area contributed by atoms with Gasteiger partial charge in [-0.25, -0.2) is 19.6 Å². The van der Waals surface area contributed by atoms with Gasteiger partial charge in [0.25, 0.3) is 0 Å². The third-order valence-corrected chi connectivity index (χ3v) is 14.0. The number of rotatable bonds is 5. The quantitative estimate of drug-likeness (QED) is 0.235. The average molecular weight is 615 g/mol. The Labute approximate surface area is 263 Å². The van der Waals surface area contributed by atoms with E-state index in [0.29, 0.717) is 48.3 Å². The fourth-order valence-corrected chi connectivity index (χ4v) is 11.2. The van der Waals surface area contributed by atoms with Gasteiger partial charge in [-0.2, -0.15) is 0 Å². The van der Waals surface area contributed by atoms with E-state index < -0.39 is 35.4 Å². The molecule has 10 aliphatic rings. The third kappa shape index (κ3) is 4.24. The zero-order valence-corrected chi connectivity index (χ0v) is 27.7. The van der Waals surface area contributed by atoms with Crippen LogP contribution in [0.5, 0.6) is 0 Å². The van der Waals surface area contributed by atoms with Gasteiger partial charge < -0.3 is 18.9 Å². The topological polar surface area (TPSA) is 73.8 Å². The van der Waals surface area contributed by atoms with Crippen LogP contribution in [0.3, 0.4) is 0 Å². The average Bonchev–Trinajstić information content (AvgIpc) is 3.36. The summed E-state index contributed by atoms with van der Waals surface area (Å²) < 4.78 is 26.9. The van der Waals surface area contributed by atoms with Crippen LogP contribution in [0.4, 0.5) is 0 Å². The third-order valence-electron chi connectivity index (χ3n) is 14.0. The van der Waals surface area contributed by atoms with Gasteiger partial charge in [0.05, 0.1) is 12.2 Å². The molecule has 2 saturated carbocycles. The van der Waals surface area contributed by atoms with E-state index in [0.717, 1.165) is 49.7 Å². The normalized spacial score (nSPS) is 57.5. The summed E-state index contributed by atoms with van der Waals surface area (Å²) in [6.45, 7) is 22.4. The van der Waals surface area contributed by atoms with Gasteiger partial charge >= 0.3 is 0 Å². The van der Waals surface area contributed by atoms with Crippen molar-refractivity contribution in [2.24, 2.45) is 47.3 Å². The molecule has 16 atom stereocenters. The van der Waals surface area contributed by atoms with Gasteiger partial charge in [-0.05, 0) is 112 Å². The van der Waals surface area contributed by atoms with Crippen LogP contribution in [0.15, 0.2) is 24.3 Å². The summed E-state index contributed by atoms with van der Waals surface area (Å²) in [6, 6.07) is 0. The molecule has 10 rings (SSSR count). The van der Waals surface area contributed by atoms with Crippen molar-refractivity contribution in [1.29, 1.82) is 0 Å². The van der Waals surface area contributed by atoms with Crippen LogP contribution in [0.2, 0.25) is 0 Å². The molecular formula is C36H54O8. The van der Waals surface area contributed by atoms with Crippen molar-refractivity contribution in [2.75, 3.05) is 0 Å². The molecule has 2 aliphatic carbocycles. The summed E-state index contributed by atoms with van der Waals surface area (Å²) in [6.07, 6.45) is 8.81. The second-order valence-electron chi connectivity index (χ2n) is 16.5. The number of fused-ring (bicyclic) bond motifs is 4. The highest BCUT2D eigenvalue weighted by atomic mass is 17.3. The van der Waals surface area contributed by atoms with E-state index >= 15 is 0 Å². The molecule has 246 valence electrons. The minimum atomic E-state index is -0.768. The van der Waals surface area contributed by atoms with E-state index in [1.807, 2.05) is 13.8 Å². The number of ether oxygens (including phenoxy) is 4. The second-order valence-corrected chi connectivity index (χ2v) is 16.5. The smallest absolute Gasteiger partial charge is 0.201 e. The van der Waals surface area contributed by atoms with Crippen molar-refractivity contribution in [2.45, 2.75) is 153 Å². The standard InChI is InChI=1S/C36H54O8/c1-19-9-11-27-23(5)29(37-31-35(27)25(19)13-15-33(7,39-31)41-43-35)17-21(3)22(4)18-30-24(6)28-12-10-20(2)26-14-16-34(8)40-32(38-30)36(26,28)44-42-34/h19-20,23-32H,3-4,9-18H2,1-2,5-8H3/t19-,20-,23-,24-,25+,26+,27+,28+,29-,30-,31-,32-,33-,34-,35-,36-/m1/s1. The Morgan fingerprint density at radius 3 is 1.39 bits per heavy atom. The molecule has 2 spiro atoms. The first kappa shape index (κ1) is 30.5. The molecule has 10 fully saturated rings. The lowest BCUT2D eigenvalue weighted by Gasteiger charge is -2.61. The maximum Gasteiger partial charge on any atom is 0.201 e. The molecule has 0 unspecified atom stereocenters. The Bertz CT molecular complexity index is 1100. The molecule has 0 aromatic rings. The van der Waals surface area contributed by atoms with E-state index in [1.165, 1.54) is 12.8 Å². The van der Waals surface area contributed by atoms with Crippen molar-refractivity contribution in [3.63, 3.8) is 0 Å². The zero-order chi connectivity index (χ0) is 30.8. The maximum absolute atomic E-state index is 6.87. The van der Waals surface area contributed by atoms with Crippen molar-refractivity contribution in [3.8, 4) is 0 Å². The predicted octanol–water partition coefficient (Wildman–Crippen LogP) is 7.38. The van der Waals surface area contributed by atoms with E-state index in [-0.39, 0.29) is 24.0 Å². The van der Waals surface area contributed by atoms with Crippen molar-refractivity contribution < 1.29 is 38.5 Å². The van der Waals surface area contributed by atoms with Gasteiger partial charge in [0.1, 0.15) is 0 Å². The minimum absolute atomic E-state index is 0.0274. The Morgan fingerprint density at radius 1 is 0.568 bits per heavy atom. The lowest BCUT2D eigenvalue weighted by Crippen LogP contribution is -2.70. The van der Waals surface area contributed by atoms with Gasteiger partial charge in [0.2, 0.25) is 11.6 Å². The Morgan fingerprint density at radius 2 is 0.977 bits per heavy atom. The first-order chi connectivity index (χ1) is 20.9. The van der Waals surface area contributed by atoms with E-state index in [4.69, 9.17) is 38.5 Å². The van der Waals surface area contributed by atoms with Crippen molar-refractivity contribution in [1.82, 2.24) is 0 Å². The maximum atomic E-state index is 6.87. The first-order valence-corrected chi connectivity index (χ1v) is 17.7. The van der Waals surface area contributed by atoms with Gasteiger partial charge in [-0.3, -0.25) is 0 Å². The molecule has 8 saturated heterocycles. The zero-order valence-electron chi connectivity index (χ0n) is 27.7. The number of hydrogen-bond donors (Lipinski definition) is 0. The summed E-state index contributed by atoms with van der Waals surface area (Å²) in [5.74, 6) is 1.47. The van der Waals surface area contributed by atoms with Crippen LogP contribution < -0.4 is 0 Å². The molecule has 8 heterocycles. The SMILES string of the molecule is C=C(C[C@H]1O[C@@H]2O[C@@]3(C)CC[C@H]4[C@H](C)CC[C@@H]([C@H]1C)[C@@]24OO3)C(=C)C[C@H]1O[C@@H]2O[C@@]3(C)CC[C@H]4[C@H](C)CC[C@@H]([C@H]1C)[C@@]24OO3. The minimum Gasteiger partial charge on any atom is -0.346 e. The monoisotopic (exact) mass is 614 g/mol. The van der Waals surface area contributed by atoms with E-state index in [2.05, 4.69) is 40.9 Å². The highest BCUT2D eigenvalue weighted by Gasteiger charge is 2.70. The predicted molar refractivity (Wildman–Crippen MR) is 161 cm³/mol. The fraction of sp³-hybridized carbons (Fsp3) is 0.889. The van der Waals surface area contributed by atoms with E-state index in [9.17, 15) is 0 Å².